The fourth-order valence-electron chi connectivity index (χ4n) is 1.53. The number of sulfone groups is 1. The van der Waals surface area contributed by atoms with Gasteiger partial charge in [0.2, 0.25) is 6.39 Å². The Labute approximate surface area is 117 Å². The maximum absolute atomic E-state index is 11.8. The molecule has 2 aromatic rings. The highest BCUT2D eigenvalue weighted by Gasteiger charge is 2.26. The molecule has 0 spiro atoms. The Morgan fingerprint density at radius 2 is 2.25 bits per heavy atom. The molecule has 2 rings (SSSR count). The third-order valence-corrected chi connectivity index (χ3v) is 4.78. The number of nitrogen functional groups attached to an aromatic ring is 1. The predicted molar refractivity (Wildman–Crippen MR) is 72.0 cm³/mol. The second kappa shape index (κ2) is 5.09. The minimum absolute atomic E-state index is 0.0129. The van der Waals surface area contributed by atoms with E-state index in [1.54, 1.807) is 0 Å². The number of nitrogens with one attached hydrogen (secondary N) is 1. The predicted octanol–water partition coefficient (Wildman–Crippen LogP) is -0.172. The molecule has 108 valence electrons. The highest BCUT2D eigenvalue weighted by molar-refractivity contribution is 7.91. The van der Waals surface area contributed by atoms with Crippen molar-refractivity contribution in [2.75, 3.05) is 17.3 Å². The van der Waals surface area contributed by atoms with Gasteiger partial charge in [0.15, 0.2) is 15.7 Å². The van der Waals surface area contributed by atoms with Crippen molar-refractivity contribution in [1.29, 1.82) is 0 Å². The summed E-state index contributed by atoms with van der Waals surface area (Å²) in [5.74, 6) is -0.456. The van der Waals surface area contributed by atoms with Crippen LogP contribution < -0.4 is 16.8 Å². The second-order valence-corrected chi connectivity index (χ2v) is 6.81. The first-order valence-corrected chi connectivity index (χ1v) is 7.92. The van der Waals surface area contributed by atoms with Crippen molar-refractivity contribution in [2.24, 2.45) is 5.73 Å². The Morgan fingerprint density at radius 1 is 1.55 bits per heavy atom. The maximum atomic E-state index is 11.8. The monoisotopic (exact) mass is 317 g/mol. The number of carbonyl (C=O) groups excluding carboxylic acids is 1. The van der Waals surface area contributed by atoms with Gasteiger partial charge in [0.05, 0.1) is 12.2 Å². The standard InChI is InChI=1S/C9H11N5O4S2/c1-20(16,17)7-5(10)6(8(11)15)19-9(7)12-2-4-13-3-18-14-4/h3,12H,2,10H2,1H3,(H2,11,15). The van der Waals surface area contributed by atoms with E-state index >= 15 is 0 Å². The van der Waals surface area contributed by atoms with E-state index < -0.39 is 15.7 Å². The molecule has 9 nitrogen and oxygen atoms in total. The van der Waals surface area contributed by atoms with Crippen LogP contribution in [0.15, 0.2) is 15.8 Å². The summed E-state index contributed by atoms with van der Waals surface area (Å²) >= 11 is 0.867. The molecular formula is C9H11N5O4S2. The zero-order valence-corrected chi connectivity index (χ0v) is 11.9. The quantitative estimate of drug-likeness (QED) is 0.686. The molecule has 0 saturated carbocycles. The van der Waals surface area contributed by atoms with Crippen LogP contribution in [-0.4, -0.2) is 30.7 Å². The molecule has 0 fully saturated rings. The zero-order valence-electron chi connectivity index (χ0n) is 10.3. The van der Waals surface area contributed by atoms with Crippen molar-refractivity contribution in [2.45, 2.75) is 11.4 Å². The van der Waals surface area contributed by atoms with Gasteiger partial charge in [-0.2, -0.15) is 4.98 Å². The topological polar surface area (TPSA) is 154 Å². The Morgan fingerprint density at radius 3 is 2.75 bits per heavy atom. The minimum atomic E-state index is -3.62. The van der Waals surface area contributed by atoms with Gasteiger partial charge in [-0.15, -0.1) is 11.3 Å². The summed E-state index contributed by atoms with van der Waals surface area (Å²) in [6, 6.07) is 0. The first-order chi connectivity index (χ1) is 9.30. The molecule has 0 radical (unpaired) electrons. The lowest BCUT2D eigenvalue weighted by atomic mass is 10.4. The molecule has 2 heterocycles. The Hall–Kier alpha value is -2.14. The summed E-state index contributed by atoms with van der Waals surface area (Å²) in [5, 5.41) is 6.59. The summed E-state index contributed by atoms with van der Waals surface area (Å²) in [6.45, 7) is 0.122. The van der Waals surface area contributed by atoms with Crippen molar-refractivity contribution in [3.63, 3.8) is 0 Å². The van der Waals surface area contributed by atoms with Gasteiger partial charge in [0.1, 0.15) is 14.8 Å². The molecule has 0 saturated heterocycles. The summed E-state index contributed by atoms with van der Waals surface area (Å²) in [6.07, 6.45) is 2.14. The number of rotatable bonds is 5. The summed E-state index contributed by atoms with van der Waals surface area (Å²) in [7, 11) is -3.62. The van der Waals surface area contributed by atoms with Crippen molar-refractivity contribution >= 4 is 37.8 Å². The van der Waals surface area contributed by atoms with Crippen LogP contribution in [-0.2, 0) is 16.4 Å². The van der Waals surface area contributed by atoms with Crippen LogP contribution in [0, 0.1) is 0 Å². The molecule has 2 aromatic heterocycles. The van der Waals surface area contributed by atoms with E-state index in [0.29, 0.717) is 5.82 Å². The van der Waals surface area contributed by atoms with E-state index in [1.165, 1.54) is 0 Å². The van der Waals surface area contributed by atoms with E-state index in [-0.39, 0.29) is 27.0 Å². The summed E-state index contributed by atoms with van der Waals surface area (Å²) < 4.78 is 28.1. The van der Waals surface area contributed by atoms with Crippen LogP contribution in [0.5, 0.6) is 0 Å². The van der Waals surface area contributed by atoms with Gasteiger partial charge >= 0.3 is 0 Å². The maximum Gasteiger partial charge on any atom is 0.261 e. The number of thiophene rings is 1. The highest BCUT2D eigenvalue weighted by Crippen LogP contribution is 2.39. The van der Waals surface area contributed by atoms with Crippen LogP contribution >= 0.6 is 11.3 Å². The highest BCUT2D eigenvalue weighted by atomic mass is 32.2. The van der Waals surface area contributed by atoms with Gasteiger partial charge in [-0.25, -0.2) is 8.42 Å². The van der Waals surface area contributed by atoms with Crippen LogP contribution in [0.3, 0.4) is 0 Å². The van der Waals surface area contributed by atoms with Gasteiger partial charge < -0.3 is 21.3 Å². The third kappa shape index (κ3) is 2.72. The van der Waals surface area contributed by atoms with Crippen molar-refractivity contribution in [3.05, 3.63) is 17.1 Å². The fraction of sp³-hybridized carbons (Fsp3) is 0.222. The van der Waals surface area contributed by atoms with Gasteiger partial charge in [0.25, 0.3) is 5.91 Å². The first-order valence-electron chi connectivity index (χ1n) is 5.22. The van der Waals surface area contributed by atoms with Crippen molar-refractivity contribution in [3.8, 4) is 0 Å². The van der Waals surface area contributed by atoms with Gasteiger partial charge in [0, 0.05) is 6.26 Å². The molecule has 0 aliphatic rings. The van der Waals surface area contributed by atoms with Crippen LogP contribution in [0.25, 0.3) is 0 Å². The van der Waals surface area contributed by atoms with E-state index in [4.69, 9.17) is 11.5 Å². The molecule has 0 atom stereocenters. The Kier molecular flexibility index (Phi) is 3.63. The molecule has 0 bridgehead atoms. The van der Waals surface area contributed by atoms with Gasteiger partial charge in [-0.3, -0.25) is 4.79 Å². The van der Waals surface area contributed by atoms with Gasteiger partial charge in [-0.1, -0.05) is 5.16 Å². The van der Waals surface area contributed by atoms with E-state index in [0.717, 1.165) is 24.0 Å². The van der Waals surface area contributed by atoms with Crippen LogP contribution in [0.2, 0.25) is 0 Å². The number of nitrogens with two attached hydrogens (primary N) is 2. The summed E-state index contributed by atoms with van der Waals surface area (Å²) in [4.78, 5) is 14.9. The van der Waals surface area contributed by atoms with E-state index in [9.17, 15) is 13.2 Å². The molecule has 0 aromatic carbocycles. The van der Waals surface area contributed by atoms with E-state index in [2.05, 4.69) is 20.0 Å². The number of primary amides is 1. The zero-order chi connectivity index (χ0) is 14.9. The average molecular weight is 317 g/mol. The Balaban J connectivity index is 2.41. The molecule has 0 aliphatic carbocycles. The molecule has 5 N–H and O–H groups in total. The number of anilines is 2. The molecule has 0 aliphatic heterocycles. The first kappa shape index (κ1) is 14.3. The van der Waals surface area contributed by atoms with Gasteiger partial charge in [-0.05, 0) is 0 Å². The minimum Gasteiger partial charge on any atom is -0.396 e. The molecular weight excluding hydrogens is 306 g/mol. The average Bonchev–Trinajstić information content (AvgIpc) is 2.92. The third-order valence-electron chi connectivity index (χ3n) is 2.31. The van der Waals surface area contributed by atoms with Crippen molar-refractivity contribution < 1.29 is 17.7 Å². The number of carbonyl (C=O) groups is 1. The Bertz CT molecular complexity index is 735. The molecule has 11 heteroatoms. The number of hydrogen-bond donors (Lipinski definition) is 3. The number of amides is 1. The second-order valence-electron chi connectivity index (χ2n) is 3.84. The van der Waals surface area contributed by atoms with Crippen LogP contribution in [0.1, 0.15) is 15.5 Å². The van der Waals surface area contributed by atoms with Crippen LogP contribution in [0.4, 0.5) is 10.7 Å². The summed E-state index contributed by atoms with van der Waals surface area (Å²) in [5.41, 5.74) is 10.7. The number of hydrogen-bond acceptors (Lipinski definition) is 9. The smallest absolute Gasteiger partial charge is 0.261 e. The molecule has 0 unspecified atom stereocenters. The number of aromatic nitrogens is 2. The van der Waals surface area contributed by atoms with Crippen molar-refractivity contribution in [1.82, 2.24) is 10.1 Å². The largest absolute Gasteiger partial charge is 0.396 e. The molecule has 20 heavy (non-hydrogen) atoms. The lowest BCUT2D eigenvalue weighted by molar-refractivity contribution is 0.100. The SMILES string of the molecule is CS(=O)(=O)c1c(NCc2ncon2)sc(C(N)=O)c1N. The number of nitrogens with zero attached hydrogens (tertiary/aromatic N) is 2. The molecule has 1 amide bonds. The van der Waals surface area contributed by atoms with E-state index in [1.807, 2.05) is 0 Å². The fourth-order valence-corrected chi connectivity index (χ4v) is 3.94. The lowest BCUT2D eigenvalue weighted by Crippen LogP contribution is -2.12. The lowest BCUT2D eigenvalue weighted by Gasteiger charge is -2.04. The normalized spacial score (nSPS) is 11.4.